The molecule has 108 valence electrons. The first-order chi connectivity index (χ1) is 10.3. The van der Waals surface area contributed by atoms with Crippen LogP contribution >= 0.6 is 0 Å². The summed E-state index contributed by atoms with van der Waals surface area (Å²) >= 11 is 0. The van der Waals surface area contributed by atoms with Gasteiger partial charge in [0.25, 0.3) is 0 Å². The summed E-state index contributed by atoms with van der Waals surface area (Å²) in [7, 11) is 0. The van der Waals surface area contributed by atoms with E-state index in [-0.39, 0.29) is 0 Å². The molecule has 2 aromatic rings. The minimum absolute atomic E-state index is 0.328. The number of likely N-dealkylation sites (tertiary alicyclic amines) is 1. The molecule has 1 aliphatic rings. The van der Waals surface area contributed by atoms with Gasteiger partial charge in [-0.25, -0.2) is 0 Å². The average molecular weight is 279 g/mol. The van der Waals surface area contributed by atoms with Gasteiger partial charge in [0.05, 0.1) is 0 Å². The third-order valence-electron chi connectivity index (χ3n) is 4.20. The number of piperidine rings is 1. The number of benzene rings is 2. The lowest BCUT2D eigenvalue weighted by molar-refractivity contribution is -0.123. The molecule has 0 unspecified atom stereocenters. The Labute approximate surface area is 126 Å². The monoisotopic (exact) mass is 279 g/mol. The zero-order valence-electron chi connectivity index (χ0n) is 12.2. The van der Waals surface area contributed by atoms with Gasteiger partial charge in [0, 0.05) is 32.0 Å². The lowest BCUT2D eigenvalue weighted by atomic mass is 9.94. The van der Waals surface area contributed by atoms with Crippen LogP contribution in [0.15, 0.2) is 60.7 Å². The molecule has 0 radical (unpaired) electrons. The molecule has 0 spiro atoms. The van der Waals surface area contributed by atoms with Crippen molar-refractivity contribution in [2.45, 2.75) is 31.8 Å². The fraction of sp³-hybridized carbons (Fsp3) is 0.316. The number of hydrogen-bond donors (Lipinski definition) is 0. The molecule has 2 aromatic carbocycles. The summed E-state index contributed by atoms with van der Waals surface area (Å²) in [5.41, 5.74) is 2.64. The predicted octanol–water partition coefficient (Wildman–Crippen LogP) is 3.46. The number of carbonyl (C=O) groups excluding carboxylic acids is 1. The molecule has 0 saturated carbocycles. The molecule has 0 N–H and O–H groups in total. The number of ketones is 1. The summed E-state index contributed by atoms with van der Waals surface area (Å²) in [6, 6.07) is 21.3. The molecule has 0 amide bonds. The van der Waals surface area contributed by atoms with Crippen molar-refractivity contribution in [1.29, 1.82) is 0 Å². The highest BCUT2D eigenvalue weighted by Gasteiger charge is 2.26. The first-order valence-electron chi connectivity index (χ1n) is 7.65. The number of carbonyl (C=O) groups is 1. The van der Waals surface area contributed by atoms with Crippen LogP contribution in [0.1, 0.15) is 24.0 Å². The van der Waals surface area contributed by atoms with Gasteiger partial charge in [-0.1, -0.05) is 60.7 Å². The number of rotatable bonds is 4. The van der Waals surface area contributed by atoms with Crippen LogP contribution in [0.3, 0.4) is 0 Å². The van der Waals surface area contributed by atoms with Crippen molar-refractivity contribution in [3.05, 3.63) is 71.8 Å². The second kappa shape index (κ2) is 6.68. The second-order valence-corrected chi connectivity index (χ2v) is 5.79. The number of Topliss-reactive ketones (excluding diaryl/α,β-unsaturated/α-hetero) is 1. The largest absolute Gasteiger partial charge is 0.300 e. The predicted molar refractivity (Wildman–Crippen MR) is 85.0 cm³/mol. The van der Waals surface area contributed by atoms with Crippen molar-refractivity contribution in [1.82, 2.24) is 4.90 Å². The van der Waals surface area contributed by atoms with E-state index in [1.807, 2.05) is 12.1 Å². The molecule has 1 fully saturated rings. The highest BCUT2D eigenvalue weighted by Crippen LogP contribution is 2.21. The fourth-order valence-electron chi connectivity index (χ4n) is 3.06. The van der Waals surface area contributed by atoms with E-state index in [1.54, 1.807) is 0 Å². The Morgan fingerprint density at radius 1 is 0.905 bits per heavy atom. The highest BCUT2D eigenvalue weighted by molar-refractivity contribution is 5.80. The Morgan fingerprint density at radius 2 is 1.52 bits per heavy atom. The topological polar surface area (TPSA) is 20.3 Å². The molecular formula is C19H21NO. The van der Waals surface area contributed by atoms with Gasteiger partial charge in [-0.15, -0.1) is 0 Å². The minimum atomic E-state index is 0.328. The standard InChI is InChI=1S/C19H21NO/c21-19-11-12-20(15-17-9-5-2-6-10-17)18(14-19)13-16-7-3-1-4-8-16/h1-10,18H,11-15H2/t18-/m0/s1. The number of nitrogens with zero attached hydrogens (tertiary/aromatic N) is 1. The van der Waals surface area contributed by atoms with Crippen LogP contribution in [0.25, 0.3) is 0 Å². The summed E-state index contributed by atoms with van der Waals surface area (Å²) < 4.78 is 0. The maximum absolute atomic E-state index is 11.8. The summed E-state index contributed by atoms with van der Waals surface area (Å²) in [5.74, 6) is 0.403. The van der Waals surface area contributed by atoms with E-state index in [0.29, 0.717) is 24.7 Å². The van der Waals surface area contributed by atoms with E-state index < -0.39 is 0 Å². The van der Waals surface area contributed by atoms with Crippen molar-refractivity contribution < 1.29 is 4.79 Å². The summed E-state index contributed by atoms with van der Waals surface area (Å²) in [6.45, 7) is 1.82. The van der Waals surface area contributed by atoms with Crippen molar-refractivity contribution >= 4 is 5.78 Å². The molecule has 1 heterocycles. The first-order valence-corrected chi connectivity index (χ1v) is 7.65. The van der Waals surface area contributed by atoms with Crippen LogP contribution in [0.2, 0.25) is 0 Å². The van der Waals surface area contributed by atoms with Crippen LogP contribution in [-0.4, -0.2) is 23.3 Å². The molecule has 2 nitrogen and oxygen atoms in total. The molecule has 0 bridgehead atoms. The first kappa shape index (κ1) is 14.0. The van der Waals surface area contributed by atoms with Crippen LogP contribution in [0, 0.1) is 0 Å². The van der Waals surface area contributed by atoms with Gasteiger partial charge >= 0.3 is 0 Å². The third kappa shape index (κ3) is 3.79. The summed E-state index contributed by atoms with van der Waals surface area (Å²) in [4.78, 5) is 14.3. The Bertz CT molecular complexity index is 579. The van der Waals surface area contributed by atoms with E-state index in [0.717, 1.165) is 19.5 Å². The average Bonchev–Trinajstić information content (AvgIpc) is 2.52. The molecular weight excluding hydrogens is 258 g/mol. The molecule has 2 heteroatoms. The summed E-state index contributed by atoms with van der Waals surface area (Å²) in [5, 5.41) is 0. The molecule has 0 aromatic heterocycles. The molecule has 3 rings (SSSR count). The van der Waals surface area contributed by atoms with Crippen molar-refractivity contribution in [3.8, 4) is 0 Å². The van der Waals surface area contributed by atoms with Crippen molar-refractivity contribution in [2.24, 2.45) is 0 Å². The van der Waals surface area contributed by atoms with E-state index >= 15 is 0 Å². The van der Waals surface area contributed by atoms with Gasteiger partial charge in [0.1, 0.15) is 5.78 Å². The summed E-state index contributed by atoms with van der Waals surface area (Å²) in [6.07, 6.45) is 2.33. The van der Waals surface area contributed by atoms with Gasteiger partial charge in [0.15, 0.2) is 0 Å². The minimum Gasteiger partial charge on any atom is -0.300 e. The lowest BCUT2D eigenvalue weighted by Gasteiger charge is -2.35. The second-order valence-electron chi connectivity index (χ2n) is 5.79. The highest BCUT2D eigenvalue weighted by atomic mass is 16.1. The van der Waals surface area contributed by atoms with Gasteiger partial charge in [-0.2, -0.15) is 0 Å². The molecule has 1 saturated heterocycles. The SMILES string of the molecule is O=C1CCN(Cc2ccccc2)[C@@H](Cc2ccccc2)C1. The molecule has 1 atom stereocenters. The van der Waals surface area contributed by atoms with Crippen molar-refractivity contribution in [2.75, 3.05) is 6.54 Å². The van der Waals surface area contributed by atoms with Crippen LogP contribution in [0.5, 0.6) is 0 Å². The van der Waals surface area contributed by atoms with Crippen LogP contribution in [0.4, 0.5) is 0 Å². The van der Waals surface area contributed by atoms with E-state index in [2.05, 4.69) is 53.4 Å². The molecule has 0 aliphatic carbocycles. The smallest absolute Gasteiger partial charge is 0.135 e. The lowest BCUT2D eigenvalue weighted by Crippen LogP contribution is -2.43. The Hall–Kier alpha value is -1.93. The van der Waals surface area contributed by atoms with E-state index in [4.69, 9.17) is 0 Å². The van der Waals surface area contributed by atoms with E-state index in [1.165, 1.54) is 11.1 Å². The normalized spacial score (nSPS) is 19.6. The van der Waals surface area contributed by atoms with Crippen LogP contribution < -0.4 is 0 Å². The van der Waals surface area contributed by atoms with Crippen molar-refractivity contribution in [3.63, 3.8) is 0 Å². The molecule has 1 aliphatic heterocycles. The van der Waals surface area contributed by atoms with Gasteiger partial charge in [-0.3, -0.25) is 9.69 Å². The zero-order valence-corrected chi connectivity index (χ0v) is 12.2. The Balaban J connectivity index is 1.72. The molecule has 21 heavy (non-hydrogen) atoms. The Kier molecular flexibility index (Phi) is 4.46. The third-order valence-corrected chi connectivity index (χ3v) is 4.20. The fourth-order valence-corrected chi connectivity index (χ4v) is 3.06. The van der Waals surface area contributed by atoms with E-state index in [9.17, 15) is 4.79 Å². The zero-order chi connectivity index (χ0) is 14.5. The van der Waals surface area contributed by atoms with Gasteiger partial charge in [-0.05, 0) is 17.5 Å². The van der Waals surface area contributed by atoms with Crippen LogP contribution in [-0.2, 0) is 17.8 Å². The van der Waals surface area contributed by atoms with Gasteiger partial charge < -0.3 is 0 Å². The quantitative estimate of drug-likeness (QED) is 0.854. The Morgan fingerprint density at radius 3 is 2.19 bits per heavy atom. The van der Waals surface area contributed by atoms with Gasteiger partial charge in [0.2, 0.25) is 0 Å². The number of hydrogen-bond acceptors (Lipinski definition) is 2. The maximum Gasteiger partial charge on any atom is 0.135 e. The maximum atomic E-state index is 11.8.